The number of carbonyl (C=O) groups is 2. The molecule has 0 spiro atoms. The van der Waals surface area contributed by atoms with Gasteiger partial charge in [-0.15, -0.1) is 0 Å². The van der Waals surface area contributed by atoms with Crippen molar-refractivity contribution in [1.82, 2.24) is 10.2 Å². The topological polar surface area (TPSA) is 75.4 Å². The highest BCUT2D eigenvalue weighted by molar-refractivity contribution is 6.01. The zero-order valence-electron chi connectivity index (χ0n) is 8.06. The van der Waals surface area contributed by atoms with E-state index in [1.807, 2.05) is 18.2 Å². The molecule has 1 aromatic carbocycles. The summed E-state index contributed by atoms with van der Waals surface area (Å²) < 4.78 is 0. The van der Waals surface area contributed by atoms with E-state index < -0.39 is 0 Å². The molecule has 0 atom stereocenters. The highest BCUT2D eigenvalue weighted by atomic mass is 16.2. The average molecular weight is 205 g/mol. The molecule has 1 heterocycles. The van der Waals surface area contributed by atoms with Crippen molar-refractivity contribution in [3.8, 4) is 0 Å². The molecule has 78 valence electrons. The molecule has 1 aromatic rings. The normalized spacial score (nSPS) is 15.6. The van der Waals surface area contributed by atoms with Gasteiger partial charge in [0.25, 0.3) is 0 Å². The molecule has 15 heavy (non-hydrogen) atoms. The van der Waals surface area contributed by atoms with Crippen LogP contribution in [0.1, 0.15) is 5.56 Å². The van der Waals surface area contributed by atoms with Crippen LogP contribution < -0.4 is 11.1 Å². The van der Waals surface area contributed by atoms with Crippen molar-refractivity contribution in [2.24, 2.45) is 0 Å². The molecule has 5 nitrogen and oxygen atoms in total. The van der Waals surface area contributed by atoms with E-state index in [4.69, 9.17) is 5.73 Å². The molecular formula is C10H11N3O2. The number of anilines is 1. The summed E-state index contributed by atoms with van der Waals surface area (Å²) in [5, 5.41) is 2.21. The van der Waals surface area contributed by atoms with Gasteiger partial charge in [0.2, 0.25) is 5.91 Å². The second-order valence-electron chi connectivity index (χ2n) is 3.41. The average Bonchev–Trinajstić information content (AvgIpc) is 2.49. The standard InChI is InChI=1S/C10H11N3O2/c11-8-4-2-1-3-7(8)5-13-6-9(14)12-10(13)15/h1-4H,5-6,11H2,(H,12,14,15). The SMILES string of the molecule is Nc1ccccc1CN1CC(=O)NC1=O. The Balaban J connectivity index is 2.13. The van der Waals surface area contributed by atoms with Crippen molar-refractivity contribution >= 4 is 17.6 Å². The van der Waals surface area contributed by atoms with Gasteiger partial charge < -0.3 is 10.6 Å². The van der Waals surface area contributed by atoms with Crippen LogP contribution in [0.2, 0.25) is 0 Å². The van der Waals surface area contributed by atoms with E-state index in [1.54, 1.807) is 6.07 Å². The van der Waals surface area contributed by atoms with Crippen LogP contribution in [0.3, 0.4) is 0 Å². The van der Waals surface area contributed by atoms with Crippen molar-refractivity contribution < 1.29 is 9.59 Å². The Morgan fingerprint density at radius 1 is 1.33 bits per heavy atom. The van der Waals surface area contributed by atoms with Gasteiger partial charge in [0, 0.05) is 5.69 Å². The highest BCUT2D eigenvalue weighted by Gasteiger charge is 2.26. The summed E-state index contributed by atoms with van der Waals surface area (Å²) in [6.07, 6.45) is 0. The maximum absolute atomic E-state index is 11.3. The third kappa shape index (κ3) is 1.90. The Kier molecular flexibility index (Phi) is 2.29. The summed E-state index contributed by atoms with van der Waals surface area (Å²) >= 11 is 0. The first-order chi connectivity index (χ1) is 7.16. The fourth-order valence-electron chi connectivity index (χ4n) is 1.49. The number of nitrogens with two attached hydrogens (primary N) is 1. The number of nitrogens with one attached hydrogen (secondary N) is 1. The number of nitrogens with zero attached hydrogens (tertiary/aromatic N) is 1. The molecule has 1 saturated heterocycles. The van der Waals surface area contributed by atoms with E-state index >= 15 is 0 Å². The lowest BCUT2D eigenvalue weighted by Gasteiger charge is -2.14. The van der Waals surface area contributed by atoms with Crippen LogP contribution in [0.5, 0.6) is 0 Å². The summed E-state index contributed by atoms with van der Waals surface area (Å²) in [6.45, 7) is 0.470. The van der Waals surface area contributed by atoms with Crippen molar-refractivity contribution in [3.63, 3.8) is 0 Å². The maximum atomic E-state index is 11.3. The van der Waals surface area contributed by atoms with Gasteiger partial charge >= 0.3 is 6.03 Å². The molecule has 3 N–H and O–H groups in total. The molecule has 1 aliphatic heterocycles. The summed E-state index contributed by atoms with van der Waals surface area (Å²) in [7, 11) is 0. The summed E-state index contributed by atoms with van der Waals surface area (Å²) in [5.41, 5.74) is 7.21. The second-order valence-corrected chi connectivity index (χ2v) is 3.41. The number of para-hydroxylation sites is 1. The van der Waals surface area contributed by atoms with E-state index in [1.165, 1.54) is 4.90 Å². The predicted molar refractivity (Wildman–Crippen MR) is 54.8 cm³/mol. The molecule has 1 aliphatic rings. The fraction of sp³-hybridized carbons (Fsp3) is 0.200. The van der Waals surface area contributed by atoms with Crippen molar-refractivity contribution in [2.75, 3.05) is 12.3 Å². The molecule has 1 fully saturated rings. The lowest BCUT2D eigenvalue weighted by atomic mass is 10.2. The van der Waals surface area contributed by atoms with Crippen LogP contribution in [-0.4, -0.2) is 23.4 Å². The van der Waals surface area contributed by atoms with Crippen molar-refractivity contribution in [3.05, 3.63) is 29.8 Å². The van der Waals surface area contributed by atoms with Gasteiger partial charge in [0.15, 0.2) is 0 Å². The van der Waals surface area contributed by atoms with Gasteiger partial charge in [-0.25, -0.2) is 4.79 Å². The number of hydrogen-bond acceptors (Lipinski definition) is 3. The molecule has 0 aromatic heterocycles. The lowest BCUT2D eigenvalue weighted by Crippen LogP contribution is -2.28. The molecule has 0 bridgehead atoms. The summed E-state index contributed by atoms with van der Waals surface area (Å²) in [6, 6.07) is 6.93. The summed E-state index contributed by atoms with van der Waals surface area (Å²) in [5.74, 6) is -0.269. The highest BCUT2D eigenvalue weighted by Crippen LogP contribution is 2.14. The molecule has 2 rings (SSSR count). The molecule has 5 heteroatoms. The molecule has 0 saturated carbocycles. The zero-order valence-corrected chi connectivity index (χ0v) is 8.06. The second kappa shape index (κ2) is 3.61. The van der Waals surface area contributed by atoms with Crippen molar-refractivity contribution in [1.29, 1.82) is 0 Å². The van der Waals surface area contributed by atoms with Crippen LogP contribution in [0, 0.1) is 0 Å². The van der Waals surface area contributed by atoms with Crippen LogP contribution >= 0.6 is 0 Å². The van der Waals surface area contributed by atoms with E-state index in [0.29, 0.717) is 12.2 Å². The Bertz CT molecular complexity index is 417. The van der Waals surface area contributed by atoms with E-state index in [-0.39, 0.29) is 18.5 Å². The number of carbonyl (C=O) groups excluding carboxylic acids is 2. The van der Waals surface area contributed by atoms with Crippen LogP contribution in [0.25, 0.3) is 0 Å². The van der Waals surface area contributed by atoms with E-state index in [2.05, 4.69) is 5.32 Å². The third-order valence-electron chi connectivity index (χ3n) is 2.28. The minimum atomic E-state index is -0.358. The van der Waals surface area contributed by atoms with Crippen LogP contribution in [0.15, 0.2) is 24.3 Å². The molecule has 0 radical (unpaired) electrons. The number of imide groups is 1. The lowest BCUT2D eigenvalue weighted by molar-refractivity contribution is -0.118. The Labute approximate surface area is 86.9 Å². The number of nitrogen functional groups attached to an aromatic ring is 1. The van der Waals surface area contributed by atoms with Crippen molar-refractivity contribution in [2.45, 2.75) is 6.54 Å². The number of hydrogen-bond donors (Lipinski definition) is 2. The largest absolute Gasteiger partial charge is 0.398 e. The van der Waals surface area contributed by atoms with Gasteiger partial charge in [-0.05, 0) is 11.6 Å². The maximum Gasteiger partial charge on any atom is 0.324 e. The number of urea groups is 1. The quantitative estimate of drug-likeness (QED) is 0.539. The fourth-order valence-corrected chi connectivity index (χ4v) is 1.49. The third-order valence-corrected chi connectivity index (χ3v) is 2.28. The first kappa shape index (κ1) is 9.51. The van der Waals surface area contributed by atoms with Gasteiger partial charge in [-0.1, -0.05) is 18.2 Å². The minimum Gasteiger partial charge on any atom is -0.398 e. The number of rotatable bonds is 2. The number of amides is 3. The number of benzene rings is 1. The Morgan fingerprint density at radius 3 is 2.67 bits per heavy atom. The van der Waals surface area contributed by atoms with Crippen LogP contribution in [0.4, 0.5) is 10.5 Å². The first-order valence-corrected chi connectivity index (χ1v) is 4.59. The monoisotopic (exact) mass is 205 g/mol. The van der Waals surface area contributed by atoms with E-state index in [9.17, 15) is 9.59 Å². The van der Waals surface area contributed by atoms with E-state index in [0.717, 1.165) is 5.56 Å². The predicted octanol–water partition coefficient (Wildman–Crippen LogP) is 0.321. The van der Waals surface area contributed by atoms with Gasteiger partial charge in [0.05, 0.1) is 6.54 Å². The smallest absolute Gasteiger partial charge is 0.324 e. The first-order valence-electron chi connectivity index (χ1n) is 4.59. The van der Waals surface area contributed by atoms with Gasteiger partial charge in [-0.3, -0.25) is 10.1 Å². The van der Waals surface area contributed by atoms with Gasteiger partial charge in [-0.2, -0.15) is 0 Å². The van der Waals surface area contributed by atoms with Crippen LogP contribution in [-0.2, 0) is 11.3 Å². The zero-order chi connectivity index (χ0) is 10.8. The molecule has 0 unspecified atom stereocenters. The minimum absolute atomic E-state index is 0.104. The Morgan fingerprint density at radius 2 is 2.07 bits per heavy atom. The van der Waals surface area contributed by atoms with Gasteiger partial charge in [0.1, 0.15) is 6.54 Å². The summed E-state index contributed by atoms with van der Waals surface area (Å²) in [4.78, 5) is 23.6. The molecule has 3 amide bonds. The Hall–Kier alpha value is -2.04. The molecular weight excluding hydrogens is 194 g/mol. The molecule has 0 aliphatic carbocycles.